The van der Waals surface area contributed by atoms with Gasteiger partial charge in [-0.15, -0.1) is 0 Å². The number of carbonyl (C=O) groups is 3. The van der Waals surface area contributed by atoms with E-state index in [1.165, 1.54) is 4.90 Å². The van der Waals surface area contributed by atoms with Crippen molar-refractivity contribution in [2.24, 2.45) is 0 Å². The molecule has 1 saturated carbocycles. The number of rotatable bonds is 3. The van der Waals surface area contributed by atoms with Crippen molar-refractivity contribution in [3.8, 4) is 11.4 Å². The van der Waals surface area contributed by atoms with Crippen LogP contribution in [0, 0.1) is 13.8 Å². The number of aryl methyl sites for hydroxylation is 1. The molecule has 7 nitrogen and oxygen atoms in total. The summed E-state index contributed by atoms with van der Waals surface area (Å²) < 4.78 is 1.99. The number of hydrogen-bond acceptors (Lipinski definition) is 4. The van der Waals surface area contributed by atoms with E-state index in [4.69, 9.17) is 0 Å². The van der Waals surface area contributed by atoms with Crippen molar-refractivity contribution in [2.75, 3.05) is 0 Å². The third-order valence-corrected chi connectivity index (χ3v) is 5.95. The van der Waals surface area contributed by atoms with Gasteiger partial charge in [-0.25, -0.2) is 4.79 Å². The Hall–Kier alpha value is -3.35. The van der Waals surface area contributed by atoms with Crippen molar-refractivity contribution in [3.05, 3.63) is 52.9 Å². The Morgan fingerprint density at radius 3 is 2.37 bits per heavy atom. The van der Waals surface area contributed by atoms with Gasteiger partial charge in [-0.05, 0) is 68.7 Å². The first-order chi connectivity index (χ1) is 14.4. The molecule has 0 atom stereocenters. The zero-order valence-corrected chi connectivity index (χ0v) is 17.1. The molecule has 30 heavy (non-hydrogen) atoms. The van der Waals surface area contributed by atoms with Gasteiger partial charge in [-0.2, -0.15) is 0 Å². The summed E-state index contributed by atoms with van der Waals surface area (Å²) in [6, 6.07) is 7.94. The molecule has 2 aliphatic rings. The van der Waals surface area contributed by atoms with Crippen LogP contribution in [0.25, 0.3) is 11.8 Å². The Morgan fingerprint density at radius 1 is 1.03 bits per heavy atom. The van der Waals surface area contributed by atoms with Gasteiger partial charge >= 0.3 is 6.03 Å². The summed E-state index contributed by atoms with van der Waals surface area (Å²) in [7, 11) is 0. The lowest BCUT2D eigenvalue weighted by Gasteiger charge is -2.35. The van der Waals surface area contributed by atoms with Crippen LogP contribution in [0.3, 0.4) is 0 Å². The number of nitrogens with zero attached hydrogens (tertiary/aromatic N) is 2. The number of urea groups is 1. The highest BCUT2D eigenvalue weighted by atomic mass is 16.3. The predicted molar refractivity (Wildman–Crippen MR) is 112 cm³/mol. The van der Waals surface area contributed by atoms with Crippen LogP contribution >= 0.6 is 0 Å². The number of carbonyl (C=O) groups excluding carboxylic acids is 3. The molecule has 2 heterocycles. The van der Waals surface area contributed by atoms with Crippen LogP contribution in [-0.4, -0.2) is 38.5 Å². The number of phenols is 1. The van der Waals surface area contributed by atoms with Crippen LogP contribution in [0.15, 0.2) is 35.9 Å². The Bertz CT molecular complexity index is 1040. The normalized spacial score (nSPS) is 19.5. The van der Waals surface area contributed by atoms with Crippen LogP contribution in [-0.2, 0) is 9.59 Å². The average molecular weight is 407 g/mol. The van der Waals surface area contributed by atoms with Crippen LogP contribution in [0.2, 0.25) is 0 Å². The van der Waals surface area contributed by atoms with Crippen LogP contribution in [0.1, 0.15) is 49.1 Å². The molecule has 2 fully saturated rings. The Morgan fingerprint density at radius 2 is 1.70 bits per heavy atom. The highest BCUT2D eigenvalue weighted by molar-refractivity contribution is 6.31. The molecule has 1 aromatic heterocycles. The van der Waals surface area contributed by atoms with Crippen molar-refractivity contribution < 1.29 is 19.5 Å². The first kappa shape index (κ1) is 19.9. The minimum atomic E-state index is -0.661. The lowest BCUT2D eigenvalue weighted by molar-refractivity contribution is -0.132. The fourth-order valence-electron chi connectivity index (χ4n) is 4.43. The van der Waals surface area contributed by atoms with Crippen molar-refractivity contribution in [2.45, 2.75) is 52.0 Å². The van der Waals surface area contributed by atoms with E-state index >= 15 is 0 Å². The molecule has 0 bridgehead atoms. The number of benzene rings is 1. The second-order valence-electron chi connectivity index (χ2n) is 7.96. The van der Waals surface area contributed by atoms with Gasteiger partial charge in [0, 0.05) is 23.1 Å². The molecule has 1 aliphatic heterocycles. The van der Waals surface area contributed by atoms with Gasteiger partial charge in [-0.1, -0.05) is 19.3 Å². The van der Waals surface area contributed by atoms with Gasteiger partial charge in [0.1, 0.15) is 11.3 Å². The van der Waals surface area contributed by atoms with Crippen molar-refractivity contribution in [3.63, 3.8) is 0 Å². The maximum Gasteiger partial charge on any atom is 0.331 e. The first-order valence-electron chi connectivity index (χ1n) is 10.3. The molecule has 4 amide bonds. The van der Waals surface area contributed by atoms with Crippen molar-refractivity contribution in [1.82, 2.24) is 14.8 Å². The summed E-state index contributed by atoms with van der Waals surface area (Å²) in [6.07, 6.45) is 6.17. The van der Waals surface area contributed by atoms with Gasteiger partial charge in [0.25, 0.3) is 11.8 Å². The monoisotopic (exact) mass is 407 g/mol. The fourth-order valence-corrected chi connectivity index (χ4v) is 4.43. The molecule has 0 unspecified atom stereocenters. The zero-order valence-electron chi connectivity index (χ0n) is 17.1. The fraction of sp³-hybridized carbons (Fsp3) is 0.348. The van der Waals surface area contributed by atoms with Gasteiger partial charge < -0.3 is 9.67 Å². The van der Waals surface area contributed by atoms with E-state index in [1.807, 2.05) is 24.5 Å². The lowest BCUT2D eigenvalue weighted by Crippen LogP contribution is -2.58. The van der Waals surface area contributed by atoms with Gasteiger partial charge in [0.05, 0.1) is 0 Å². The van der Waals surface area contributed by atoms with Crippen LogP contribution < -0.4 is 5.32 Å². The molecular formula is C23H25N3O4. The molecule has 2 aromatic rings. The molecule has 1 aromatic carbocycles. The SMILES string of the molecule is Cc1cc(C=C2C(=O)NC(=O)N(C3CCCCC3)C2=O)c(C)n1-c1ccc(O)cc1. The molecule has 2 N–H and O–H groups in total. The number of amides is 4. The Balaban J connectivity index is 1.70. The number of barbiturate groups is 1. The quantitative estimate of drug-likeness (QED) is 0.601. The average Bonchev–Trinajstić information content (AvgIpc) is 3.00. The van der Waals surface area contributed by atoms with E-state index in [0.717, 1.165) is 54.7 Å². The van der Waals surface area contributed by atoms with Crippen LogP contribution in [0.4, 0.5) is 4.79 Å². The first-order valence-corrected chi connectivity index (χ1v) is 10.3. The summed E-state index contributed by atoms with van der Waals surface area (Å²) in [6.45, 7) is 3.84. The van der Waals surface area contributed by atoms with Gasteiger partial charge in [0.15, 0.2) is 0 Å². The maximum absolute atomic E-state index is 13.1. The summed E-state index contributed by atoms with van der Waals surface area (Å²) in [5.74, 6) is -1.00. The van der Waals surface area contributed by atoms with Gasteiger partial charge in [-0.3, -0.25) is 19.8 Å². The van der Waals surface area contributed by atoms with Crippen LogP contribution in [0.5, 0.6) is 5.75 Å². The van der Waals surface area contributed by atoms with Crippen molar-refractivity contribution in [1.29, 1.82) is 0 Å². The highest BCUT2D eigenvalue weighted by Crippen LogP contribution is 2.28. The van der Waals surface area contributed by atoms with E-state index in [2.05, 4.69) is 5.32 Å². The third kappa shape index (κ3) is 3.51. The van der Waals surface area contributed by atoms with E-state index in [0.29, 0.717) is 0 Å². The highest BCUT2D eigenvalue weighted by Gasteiger charge is 2.40. The minimum absolute atomic E-state index is 0.0221. The van der Waals surface area contributed by atoms with Crippen molar-refractivity contribution >= 4 is 23.9 Å². The molecule has 156 valence electrons. The number of imide groups is 2. The number of phenolic OH excluding ortho intramolecular Hbond substituents is 1. The largest absolute Gasteiger partial charge is 0.508 e. The predicted octanol–water partition coefficient (Wildman–Crippen LogP) is 3.59. The topological polar surface area (TPSA) is 91.6 Å². The number of aromatic hydroxyl groups is 1. The molecule has 7 heteroatoms. The number of nitrogens with one attached hydrogen (secondary N) is 1. The standard InChI is InChI=1S/C23H25N3O4/c1-14-12-16(15(2)25(14)18-8-10-19(27)11-9-18)13-20-21(28)24-23(30)26(22(20)29)17-6-4-3-5-7-17/h8-13,17,27H,3-7H2,1-2H3,(H,24,28,30). The number of aromatic nitrogens is 1. The summed E-state index contributed by atoms with van der Waals surface area (Å²) in [5.41, 5.74) is 3.36. The smallest absolute Gasteiger partial charge is 0.331 e. The lowest BCUT2D eigenvalue weighted by atomic mass is 9.93. The minimum Gasteiger partial charge on any atom is -0.508 e. The second kappa shape index (κ2) is 7.82. The van der Waals surface area contributed by atoms with E-state index < -0.39 is 17.8 Å². The molecule has 0 spiro atoms. The Labute approximate surface area is 175 Å². The molecular weight excluding hydrogens is 382 g/mol. The maximum atomic E-state index is 13.1. The zero-order chi connectivity index (χ0) is 21.4. The molecule has 4 rings (SSSR count). The second-order valence-corrected chi connectivity index (χ2v) is 7.96. The van der Waals surface area contributed by atoms with E-state index in [9.17, 15) is 19.5 Å². The summed E-state index contributed by atoms with van der Waals surface area (Å²) in [5, 5.41) is 11.9. The Kier molecular flexibility index (Phi) is 5.20. The molecule has 1 saturated heterocycles. The van der Waals surface area contributed by atoms with E-state index in [-0.39, 0.29) is 17.4 Å². The summed E-state index contributed by atoms with van der Waals surface area (Å²) >= 11 is 0. The molecule has 0 radical (unpaired) electrons. The van der Waals surface area contributed by atoms with E-state index in [1.54, 1.807) is 30.3 Å². The molecule has 1 aliphatic carbocycles. The third-order valence-electron chi connectivity index (χ3n) is 5.95. The summed E-state index contributed by atoms with van der Waals surface area (Å²) in [4.78, 5) is 39.2. The number of hydrogen-bond donors (Lipinski definition) is 2. The van der Waals surface area contributed by atoms with Gasteiger partial charge in [0.2, 0.25) is 0 Å².